The third-order valence-electron chi connectivity index (χ3n) is 3.63. The van der Waals surface area contributed by atoms with Crippen LogP contribution in [0.1, 0.15) is 39.2 Å². The van der Waals surface area contributed by atoms with E-state index in [9.17, 15) is 4.79 Å². The van der Waals surface area contributed by atoms with Gasteiger partial charge in [0.15, 0.2) is 0 Å². The summed E-state index contributed by atoms with van der Waals surface area (Å²) < 4.78 is 11.8. The zero-order chi connectivity index (χ0) is 17.0. The van der Waals surface area contributed by atoms with Crippen molar-refractivity contribution in [3.63, 3.8) is 0 Å². The lowest BCUT2D eigenvalue weighted by molar-refractivity contribution is -0.00813. The minimum absolute atomic E-state index is 0.115. The zero-order valence-corrected chi connectivity index (χ0v) is 16.1. The summed E-state index contributed by atoms with van der Waals surface area (Å²) in [6.07, 6.45) is 1.34. The first-order chi connectivity index (χ1) is 10.8. The number of nitrogens with zero attached hydrogens (tertiary/aromatic N) is 1. The van der Waals surface area contributed by atoms with Crippen molar-refractivity contribution < 1.29 is 14.3 Å². The molecule has 1 fully saturated rings. The predicted octanol–water partition coefficient (Wildman–Crippen LogP) is 5.02. The summed E-state index contributed by atoms with van der Waals surface area (Å²) in [6.45, 7) is 7.43. The van der Waals surface area contributed by atoms with Gasteiger partial charge in [-0.3, -0.25) is 0 Å². The van der Waals surface area contributed by atoms with Crippen LogP contribution in [0.2, 0.25) is 5.02 Å². The Morgan fingerprint density at radius 1 is 1.39 bits per heavy atom. The van der Waals surface area contributed by atoms with Crippen molar-refractivity contribution in [1.82, 2.24) is 4.90 Å². The molecule has 2 rings (SSSR count). The minimum Gasteiger partial charge on any atom is -0.444 e. The quantitative estimate of drug-likeness (QED) is 0.710. The normalized spacial score (nSPS) is 16.2. The Hall–Kier alpha value is -0.780. The van der Waals surface area contributed by atoms with Gasteiger partial charge in [-0.1, -0.05) is 23.7 Å². The van der Waals surface area contributed by atoms with Crippen molar-refractivity contribution in [3.05, 3.63) is 33.3 Å². The van der Waals surface area contributed by atoms with Crippen molar-refractivity contribution in [3.8, 4) is 0 Å². The fourth-order valence-corrected chi connectivity index (χ4v) is 3.10. The molecule has 0 aromatic heterocycles. The van der Waals surface area contributed by atoms with Gasteiger partial charge in [0.25, 0.3) is 0 Å². The van der Waals surface area contributed by atoms with Gasteiger partial charge in [0.1, 0.15) is 5.60 Å². The maximum atomic E-state index is 12.7. The average Bonchev–Trinajstić information content (AvgIpc) is 2.48. The predicted molar refractivity (Wildman–Crippen MR) is 94.8 cm³/mol. The van der Waals surface area contributed by atoms with Crippen LogP contribution in [0.4, 0.5) is 4.79 Å². The number of hydrogen-bond acceptors (Lipinski definition) is 3. The van der Waals surface area contributed by atoms with Crippen molar-refractivity contribution >= 4 is 33.6 Å². The van der Waals surface area contributed by atoms with E-state index in [1.165, 1.54) is 0 Å². The first-order valence-corrected chi connectivity index (χ1v) is 8.95. The van der Waals surface area contributed by atoms with E-state index in [-0.39, 0.29) is 12.1 Å². The molecule has 0 saturated carbocycles. The van der Waals surface area contributed by atoms with E-state index in [0.717, 1.165) is 22.9 Å². The van der Waals surface area contributed by atoms with Gasteiger partial charge in [-0.25, -0.2) is 4.79 Å². The highest BCUT2D eigenvalue weighted by atomic mass is 79.9. The first-order valence-electron chi connectivity index (χ1n) is 7.78. The SMILES string of the molecule is CC(C)(C)OC(=O)N(Cc1cccc(Cl)c1Br)C1CCOCC1. The largest absolute Gasteiger partial charge is 0.444 e. The summed E-state index contributed by atoms with van der Waals surface area (Å²) >= 11 is 9.68. The lowest BCUT2D eigenvalue weighted by atomic mass is 10.1. The number of benzene rings is 1. The number of hydrogen-bond donors (Lipinski definition) is 0. The fourth-order valence-electron chi connectivity index (χ4n) is 2.51. The molecule has 1 aliphatic heterocycles. The molecule has 6 heteroatoms. The lowest BCUT2D eigenvalue weighted by Gasteiger charge is -2.35. The number of halogens is 2. The summed E-state index contributed by atoms with van der Waals surface area (Å²) in [6, 6.07) is 5.79. The Balaban J connectivity index is 2.22. The molecular formula is C17H23BrClNO3. The molecular weight excluding hydrogens is 382 g/mol. The van der Waals surface area contributed by atoms with Crippen LogP contribution in [0.15, 0.2) is 22.7 Å². The van der Waals surface area contributed by atoms with Crippen LogP contribution < -0.4 is 0 Å². The first kappa shape index (κ1) is 18.6. The smallest absolute Gasteiger partial charge is 0.410 e. The highest BCUT2D eigenvalue weighted by molar-refractivity contribution is 9.10. The van der Waals surface area contributed by atoms with E-state index < -0.39 is 5.60 Å². The Morgan fingerprint density at radius 2 is 2.04 bits per heavy atom. The number of ether oxygens (including phenoxy) is 2. The van der Waals surface area contributed by atoms with Gasteiger partial charge in [0, 0.05) is 23.7 Å². The van der Waals surface area contributed by atoms with Crippen LogP contribution >= 0.6 is 27.5 Å². The standard InChI is InChI=1S/C17H23BrClNO3/c1-17(2,3)23-16(21)20(13-7-9-22-10-8-13)11-12-5-4-6-14(19)15(12)18/h4-6,13H,7-11H2,1-3H3. The molecule has 0 atom stereocenters. The third kappa shape index (κ3) is 5.37. The Bertz CT molecular complexity index is 553. The van der Waals surface area contributed by atoms with Crippen LogP contribution in [-0.4, -0.2) is 35.8 Å². The van der Waals surface area contributed by atoms with E-state index in [1.807, 2.05) is 39.0 Å². The van der Waals surface area contributed by atoms with Crippen molar-refractivity contribution in [2.24, 2.45) is 0 Å². The maximum absolute atomic E-state index is 12.7. The molecule has 0 aliphatic carbocycles. The second-order valence-corrected chi connectivity index (χ2v) is 7.86. The number of carbonyl (C=O) groups is 1. The Morgan fingerprint density at radius 3 is 2.65 bits per heavy atom. The second-order valence-electron chi connectivity index (χ2n) is 6.66. The molecule has 1 heterocycles. The maximum Gasteiger partial charge on any atom is 0.410 e. The number of amides is 1. The topological polar surface area (TPSA) is 38.8 Å². The highest BCUT2D eigenvalue weighted by Gasteiger charge is 2.30. The fraction of sp³-hybridized carbons (Fsp3) is 0.588. The average molecular weight is 405 g/mol. The van der Waals surface area contributed by atoms with E-state index in [2.05, 4.69) is 15.9 Å². The van der Waals surface area contributed by atoms with Gasteiger partial charge in [0.2, 0.25) is 0 Å². The molecule has 4 nitrogen and oxygen atoms in total. The summed E-state index contributed by atoms with van der Waals surface area (Å²) in [5, 5.41) is 0.638. The van der Waals surface area contributed by atoms with E-state index in [0.29, 0.717) is 24.8 Å². The summed E-state index contributed by atoms with van der Waals surface area (Å²) in [4.78, 5) is 14.5. The Labute approximate surface area is 151 Å². The molecule has 23 heavy (non-hydrogen) atoms. The molecule has 0 bridgehead atoms. The molecule has 0 radical (unpaired) electrons. The van der Waals surface area contributed by atoms with E-state index in [4.69, 9.17) is 21.1 Å². The van der Waals surface area contributed by atoms with Gasteiger partial charge in [0.05, 0.1) is 11.6 Å². The van der Waals surface area contributed by atoms with Crippen molar-refractivity contribution in [2.75, 3.05) is 13.2 Å². The summed E-state index contributed by atoms with van der Waals surface area (Å²) in [5.74, 6) is 0. The van der Waals surface area contributed by atoms with Crippen LogP contribution in [0.25, 0.3) is 0 Å². The molecule has 1 aliphatic rings. The monoisotopic (exact) mass is 403 g/mol. The molecule has 1 aromatic rings. The van der Waals surface area contributed by atoms with Crippen LogP contribution in [-0.2, 0) is 16.0 Å². The van der Waals surface area contributed by atoms with Crippen molar-refractivity contribution in [1.29, 1.82) is 0 Å². The van der Waals surface area contributed by atoms with Gasteiger partial charge in [-0.15, -0.1) is 0 Å². The Kier molecular flexibility index (Phi) is 6.34. The summed E-state index contributed by atoms with van der Waals surface area (Å²) in [5.41, 5.74) is 0.446. The lowest BCUT2D eigenvalue weighted by Crippen LogP contribution is -2.45. The van der Waals surface area contributed by atoms with Gasteiger partial charge >= 0.3 is 6.09 Å². The molecule has 128 valence electrons. The van der Waals surface area contributed by atoms with E-state index >= 15 is 0 Å². The third-order valence-corrected chi connectivity index (χ3v) is 5.11. The van der Waals surface area contributed by atoms with Gasteiger partial charge in [-0.2, -0.15) is 0 Å². The molecule has 1 amide bonds. The molecule has 0 spiro atoms. The molecule has 1 aromatic carbocycles. The summed E-state index contributed by atoms with van der Waals surface area (Å²) in [7, 11) is 0. The van der Waals surface area contributed by atoms with Crippen LogP contribution in [0.3, 0.4) is 0 Å². The van der Waals surface area contributed by atoms with E-state index in [1.54, 1.807) is 4.90 Å². The molecule has 0 unspecified atom stereocenters. The molecule has 0 N–H and O–H groups in total. The van der Waals surface area contributed by atoms with Crippen molar-refractivity contribution in [2.45, 2.75) is 51.8 Å². The zero-order valence-electron chi connectivity index (χ0n) is 13.8. The number of carbonyl (C=O) groups excluding carboxylic acids is 1. The highest BCUT2D eigenvalue weighted by Crippen LogP contribution is 2.29. The minimum atomic E-state index is -0.522. The van der Waals surface area contributed by atoms with Gasteiger partial charge < -0.3 is 14.4 Å². The van der Waals surface area contributed by atoms with Gasteiger partial charge in [-0.05, 0) is 61.2 Å². The van der Waals surface area contributed by atoms with Crippen LogP contribution in [0, 0.1) is 0 Å². The number of rotatable bonds is 3. The molecule has 1 saturated heterocycles. The van der Waals surface area contributed by atoms with Crippen LogP contribution in [0.5, 0.6) is 0 Å². The second kappa shape index (κ2) is 7.86.